The van der Waals surface area contributed by atoms with E-state index in [9.17, 15) is 14.4 Å². The molecule has 2 atom stereocenters. The normalized spacial score (nSPS) is 20.5. The van der Waals surface area contributed by atoms with Crippen molar-refractivity contribution in [2.75, 3.05) is 19.6 Å². The Morgan fingerprint density at radius 2 is 2.00 bits per heavy atom. The van der Waals surface area contributed by atoms with Crippen LogP contribution >= 0.6 is 23.2 Å². The van der Waals surface area contributed by atoms with Gasteiger partial charge in [-0.2, -0.15) is 0 Å². The predicted molar refractivity (Wildman–Crippen MR) is 90.3 cm³/mol. The van der Waals surface area contributed by atoms with Gasteiger partial charge < -0.3 is 15.3 Å². The second-order valence-corrected chi connectivity index (χ2v) is 6.68. The monoisotopic (exact) mass is 372 g/mol. The second kappa shape index (κ2) is 7.85. The van der Waals surface area contributed by atoms with Gasteiger partial charge >= 0.3 is 5.97 Å². The topological polar surface area (TPSA) is 86.7 Å². The van der Waals surface area contributed by atoms with Gasteiger partial charge in [0.2, 0.25) is 5.91 Å². The number of halogens is 2. The van der Waals surface area contributed by atoms with Crippen molar-refractivity contribution in [3.63, 3.8) is 0 Å². The number of hydrogen-bond acceptors (Lipinski definition) is 3. The largest absolute Gasteiger partial charge is 0.481 e. The maximum Gasteiger partial charge on any atom is 0.306 e. The summed E-state index contributed by atoms with van der Waals surface area (Å²) in [5, 5.41) is 12.3. The van der Waals surface area contributed by atoms with E-state index in [0.717, 1.165) is 0 Å². The van der Waals surface area contributed by atoms with Gasteiger partial charge in [0.05, 0.1) is 22.5 Å². The molecular weight excluding hydrogens is 355 g/mol. The molecule has 1 aliphatic heterocycles. The molecule has 8 heteroatoms. The lowest BCUT2D eigenvalue weighted by Crippen LogP contribution is -2.48. The fraction of sp³-hybridized carbons (Fsp3) is 0.438. The third-order valence-electron chi connectivity index (χ3n) is 4.16. The number of carbonyl (C=O) groups is 3. The van der Waals surface area contributed by atoms with Gasteiger partial charge in [0.15, 0.2) is 0 Å². The molecule has 2 amide bonds. The number of piperidine rings is 1. The van der Waals surface area contributed by atoms with Gasteiger partial charge in [-0.25, -0.2) is 0 Å². The van der Waals surface area contributed by atoms with E-state index in [1.807, 2.05) is 6.92 Å². The Morgan fingerprint density at radius 1 is 1.29 bits per heavy atom. The molecule has 0 aliphatic carbocycles. The van der Waals surface area contributed by atoms with Crippen molar-refractivity contribution in [3.8, 4) is 0 Å². The number of hydrogen-bond donors (Lipinski definition) is 2. The Bertz CT molecular complexity index is 665. The molecule has 130 valence electrons. The first-order chi connectivity index (χ1) is 11.3. The zero-order valence-electron chi connectivity index (χ0n) is 13.1. The van der Waals surface area contributed by atoms with Gasteiger partial charge in [0.25, 0.3) is 5.91 Å². The molecule has 1 heterocycles. The molecule has 1 aromatic rings. The molecule has 1 saturated heterocycles. The van der Waals surface area contributed by atoms with Crippen LogP contribution in [-0.4, -0.2) is 47.4 Å². The minimum atomic E-state index is -0.831. The Kier molecular flexibility index (Phi) is 6.07. The first-order valence-electron chi connectivity index (χ1n) is 7.53. The lowest BCUT2D eigenvalue weighted by atomic mass is 9.87. The van der Waals surface area contributed by atoms with Gasteiger partial charge in [-0.05, 0) is 30.5 Å². The van der Waals surface area contributed by atoms with Crippen LogP contribution in [0.15, 0.2) is 18.2 Å². The van der Waals surface area contributed by atoms with Crippen molar-refractivity contribution in [1.82, 2.24) is 10.2 Å². The number of carboxylic acid groups (broad SMARTS) is 1. The summed E-state index contributed by atoms with van der Waals surface area (Å²) in [6.45, 7) is 2.41. The van der Waals surface area contributed by atoms with Crippen molar-refractivity contribution in [2.24, 2.45) is 11.8 Å². The average Bonchev–Trinajstić information content (AvgIpc) is 2.54. The van der Waals surface area contributed by atoms with E-state index in [1.54, 1.807) is 4.90 Å². The van der Waals surface area contributed by atoms with Crippen LogP contribution in [0, 0.1) is 11.8 Å². The van der Waals surface area contributed by atoms with Crippen LogP contribution in [0.25, 0.3) is 0 Å². The Morgan fingerprint density at radius 3 is 2.58 bits per heavy atom. The Hall–Kier alpha value is -1.79. The summed E-state index contributed by atoms with van der Waals surface area (Å²) < 4.78 is 0. The summed E-state index contributed by atoms with van der Waals surface area (Å²) in [5.41, 5.74) is 0.315. The van der Waals surface area contributed by atoms with E-state index in [1.165, 1.54) is 18.2 Å². The smallest absolute Gasteiger partial charge is 0.306 e. The first kappa shape index (κ1) is 18.5. The van der Waals surface area contributed by atoms with Gasteiger partial charge in [0, 0.05) is 18.7 Å². The quantitative estimate of drug-likeness (QED) is 0.848. The zero-order valence-corrected chi connectivity index (χ0v) is 14.6. The van der Waals surface area contributed by atoms with Gasteiger partial charge in [-0.1, -0.05) is 30.1 Å². The van der Waals surface area contributed by atoms with E-state index in [0.29, 0.717) is 30.1 Å². The van der Waals surface area contributed by atoms with Crippen molar-refractivity contribution < 1.29 is 19.5 Å². The summed E-state index contributed by atoms with van der Waals surface area (Å²) in [6, 6.07) is 4.47. The number of benzene rings is 1. The average molecular weight is 373 g/mol. The maximum atomic E-state index is 12.2. The number of carboxylic acids is 1. The van der Waals surface area contributed by atoms with Gasteiger partial charge in [-0.15, -0.1) is 0 Å². The lowest BCUT2D eigenvalue weighted by molar-refractivity contribution is -0.148. The molecule has 0 radical (unpaired) electrons. The summed E-state index contributed by atoms with van der Waals surface area (Å²) >= 11 is 11.7. The highest BCUT2D eigenvalue weighted by Gasteiger charge is 2.32. The number of nitrogens with zero attached hydrogens (tertiary/aromatic N) is 1. The highest BCUT2D eigenvalue weighted by molar-refractivity contribution is 6.42. The van der Waals surface area contributed by atoms with Crippen LogP contribution in [0.3, 0.4) is 0 Å². The maximum absolute atomic E-state index is 12.2. The molecule has 24 heavy (non-hydrogen) atoms. The van der Waals surface area contributed by atoms with Crippen LogP contribution < -0.4 is 5.32 Å². The van der Waals surface area contributed by atoms with Crippen LogP contribution in [-0.2, 0) is 9.59 Å². The number of nitrogens with one attached hydrogen (secondary N) is 1. The molecule has 0 aromatic heterocycles. The van der Waals surface area contributed by atoms with E-state index >= 15 is 0 Å². The summed E-state index contributed by atoms with van der Waals surface area (Å²) in [5.74, 6) is -2.04. The van der Waals surface area contributed by atoms with Crippen LogP contribution in [0.5, 0.6) is 0 Å². The molecular formula is C16H18Cl2N2O4. The lowest BCUT2D eigenvalue weighted by Gasteiger charge is -2.35. The highest BCUT2D eigenvalue weighted by atomic mass is 35.5. The van der Waals surface area contributed by atoms with Crippen LogP contribution in [0.4, 0.5) is 0 Å². The molecule has 2 rings (SSSR count). The predicted octanol–water partition coefficient (Wildman–Crippen LogP) is 2.29. The standard InChI is InChI=1S/C16H18Cl2N2O4/c1-9-8-20(5-4-11(9)16(23)24)14(21)7-19-15(22)10-2-3-12(17)13(18)6-10/h2-3,6,9,11H,4-5,7-8H2,1H3,(H,19,22)(H,23,24). The molecule has 1 aromatic carbocycles. The van der Waals surface area contributed by atoms with Crippen LogP contribution in [0.2, 0.25) is 10.0 Å². The zero-order chi connectivity index (χ0) is 17.9. The van der Waals surface area contributed by atoms with Gasteiger partial charge in [0.1, 0.15) is 0 Å². The summed E-state index contributed by atoms with van der Waals surface area (Å²) in [4.78, 5) is 36.9. The number of carbonyl (C=O) groups excluding carboxylic acids is 2. The Labute approximate surface area is 149 Å². The molecule has 0 saturated carbocycles. The first-order valence-corrected chi connectivity index (χ1v) is 8.29. The number of aliphatic carboxylic acids is 1. The van der Waals surface area contributed by atoms with Crippen LogP contribution in [0.1, 0.15) is 23.7 Å². The molecule has 2 N–H and O–H groups in total. The number of rotatable bonds is 4. The van der Waals surface area contributed by atoms with E-state index in [4.69, 9.17) is 28.3 Å². The van der Waals surface area contributed by atoms with Gasteiger partial charge in [-0.3, -0.25) is 14.4 Å². The van der Waals surface area contributed by atoms with Crippen molar-refractivity contribution in [1.29, 1.82) is 0 Å². The van der Waals surface area contributed by atoms with Crippen molar-refractivity contribution >= 4 is 41.0 Å². The van der Waals surface area contributed by atoms with E-state index in [2.05, 4.69) is 5.32 Å². The van der Waals surface area contributed by atoms with Crippen molar-refractivity contribution in [3.05, 3.63) is 33.8 Å². The molecule has 1 aliphatic rings. The molecule has 2 unspecified atom stereocenters. The number of likely N-dealkylation sites (tertiary alicyclic amines) is 1. The highest BCUT2D eigenvalue weighted by Crippen LogP contribution is 2.24. The third kappa shape index (κ3) is 4.39. The van der Waals surface area contributed by atoms with E-state index in [-0.39, 0.29) is 23.4 Å². The second-order valence-electron chi connectivity index (χ2n) is 5.86. The molecule has 6 nitrogen and oxygen atoms in total. The minimum absolute atomic E-state index is 0.119. The SMILES string of the molecule is CC1CN(C(=O)CNC(=O)c2ccc(Cl)c(Cl)c2)CCC1C(=O)O. The fourth-order valence-corrected chi connectivity index (χ4v) is 3.04. The third-order valence-corrected chi connectivity index (χ3v) is 4.90. The van der Waals surface area contributed by atoms with E-state index < -0.39 is 17.8 Å². The van der Waals surface area contributed by atoms with Crippen molar-refractivity contribution in [2.45, 2.75) is 13.3 Å². The summed E-state index contributed by atoms with van der Waals surface area (Å²) in [7, 11) is 0. The molecule has 0 spiro atoms. The minimum Gasteiger partial charge on any atom is -0.481 e. The summed E-state index contributed by atoms with van der Waals surface area (Å²) in [6.07, 6.45) is 0.420. The molecule has 1 fully saturated rings. The number of amides is 2. The molecule has 0 bridgehead atoms. The fourth-order valence-electron chi connectivity index (χ4n) is 2.75. The Balaban J connectivity index is 1.88.